The van der Waals surface area contributed by atoms with Gasteiger partial charge in [0.25, 0.3) is 10.0 Å². The number of para-hydroxylation sites is 1. The monoisotopic (exact) mass is 327 g/mol. The van der Waals surface area contributed by atoms with Crippen molar-refractivity contribution in [3.8, 4) is 0 Å². The summed E-state index contributed by atoms with van der Waals surface area (Å²) >= 11 is 0. The fraction of sp³-hybridized carbons (Fsp3) is 0.118. The maximum Gasteiger partial charge on any atom is 0.276 e. The van der Waals surface area contributed by atoms with Gasteiger partial charge in [0, 0.05) is 12.6 Å². The van der Waals surface area contributed by atoms with E-state index >= 15 is 0 Å². The second-order valence-electron chi connectivity index (χ2n) is 5.33. The third-order valence-corrected chi connectivity index (χ3v) is 4.89. The zero-order valence-corrected chi connectivity index (χ0v) is 13.7. The third-order valence-electron chi connectivity index (χ3n) is 3.67. The molecule has 6 heteroatoms. The summed E-state index contributed by atoms with van der Waals surface area (Å²) in [4.78, 5) is 2.48. The molecule has 0 aliphatic carbocycles. The number of aryl methyl sites for hydroxylation is 2. The van der Waals surface area contributed by atoms with E-state index in [1.165, 1.54) is 0 Å². The van der Waals surface area contributed by atoms with Crippen molar-refractivity contribution in [1.29, 1.82) is 0 Å². The number of rotatable bonds is 3. The minimum absolute atomic E-state index is 0.190. The molecule has 1 aromatic heterocycles. The van der Waals surface area contributed by atoms with E-state index in [-0.39, 0.29) is 4.90 Å². The predicted molar refractivity (Wildman–Crippen MR) is 90.0 cm³/mol. The van der Waals surface area contributed by atoms with Crippen LogP contribution in [0, 0.1) is 6.92 Å². The quantitative estimate of drug-likeness (QED) is 0.750. The molecule has 0 saturated carbocycles. The lowest BCUT2D eigenvalue weighted by molar-refractivity contribution is 0.582. The standard InChI is InChI=1S/C17H17N3O2S/c1-13-7-10-15(11-8-13)23(21,22)19-18-17-12-9-14-5-3-4-6-16(14)20(17)2/h3-12,19H,1-2H3/b18-17+. The molecule has 3 rings (SSSR count). The average molecular weight is 327 g/mol. The molecule has 0 aliphatic rings. The van der Waals surface area contributed by atoms with Gasteiger partial charge in [-0.2, -0.15) is 13.2 Å². The second kappa shape index (κ2) is 5.89. The Morgan fingerprint density at radius 2 is 1.65 bits per heavy atom. The number of sulfonamides is 1. The molecule has 0 spiro atoms. The maximum atomic E-state index is 12.3. The first-order valence-corrected chi connectivity index (χ1v) is 8.63. The van der Waals surface area contributed by atoms with Gasteiger partial charge in [-0.15, -0.1) is 5.10 Å². The van der Waals surface area contributed by atoms with Crippen LogP contribution in [0.2, 0.25) is 0 Å². The van der Waals surface area contributed by atoms with Crippen LogP contribution in [0.5, 0.6) is 0 Å². The van der Waals surface area contributed by atoms with Crippen molar-refractivity contribution < 1.29 is 8.42 Å². The Hall–Kier alpha value is -2.60. The topological polar surface area (TPSA) is 63.5 Å². The van der Waals surface area contributed by atoms with E-state index in [1.807, 2.05) is 48.9 Å². The summed E-state index contributed by atoms with van der Waals surface area (Å²) in [5.41, 5.74) is 2.50. The van der Waals surface area contributed by atoms with Crippen LogP contribution in [-0.2, 0) is 17.1 Å². The Bertz CT molecular complexity index is 1020. The van der Waals surface area contributed by atoms with Crippen LogP contribution in [0.25, 0.3) is 10.9 Å². The summed E-state index contributed by atoms with van der Waals surface area (Å²) in [6.07, 6.45) is 0. The van der Waals surface area contributed by atoms with E-state index in [0.29, 0.717) is 5.49 Å². The van der Waals surface area contributed by atoms with Crippen LogP contribution in [-0.4, -0.2) is 13.0 Å². The van der Waals surface area contributed by atoms with E-state index in [4.69, 9.17) is 0 Å². The summed E-state index contributed by atoms with van der Waals surface area (Å²) in [6, 6.07) is 18.2. The second-order valence-corrected chi connectivity index (χ2v) is 6.99. The highest BCUT2D eigenvalue weighted by Gasteiger charge is 2.12. The highest BCUT2D eigenvalue weighted by molar-refractivity contribution is 7.89. The zero-order chi connectivity index (χ0) is 16.4. The Morgan fingerprint density at radius 1 is 0.957 bits per heavy atom. The van der Waals surface area contributed by atoms with Gasteiger partial charge < -0.3 is 4.57 Å². The average Bonchev–Trinajstić information content (AvgIpc) is 2.55. The summed E-state index contributed by atoms with van der Waals surface area (Å²) in [5, 5.41) is 5.12. The lowest BCUT2D eigenvalue weighted by Gasteiger charge is -2.07. The highest BCUT2D eigenvalue weighted by Crippen LogP contribution is 2.10. The molecule has 23 heavy (non-hydrogen) atoms. The van der Waals surface area contributed by atoms with E-state index in [0.717, 1.165) is 16.5 Å². The van der Waals surface area contributed by atoms with Crippen LogP contribution >= 0.6 is 0 Å². The molecule has 1 heterocycles. The SMILES string of the molecule is Cc1ccc(S(=O)(=O)N/N=c2\ccc3ccccc3n2C)cc1. The Kier molecular flexibility index (Phi) is 3.92. The zero-order valence-electron chi connectivity index (χ0n) is 12.9. The molecule has 3 aromatic rings. The van der Waals surface area contributed by atoms with Gasteiger partial charge in [0.1, 0.15) is 0 Å². The Labute approximate surface area is 135 Å². The molecule has 0 bridgehead atoms. The van der Waals surface area contributed by atoms with Gasteiger partial charge in [-0.05, 0) is 42.6 Å². The molecule has 0 saturated heterocycles. The number of hydrogen-bond acceptors (Lipinski definition) is 3. The lowest BCUT2D eigenvalue weighted by Crippen LogP contribution is -2.26. The van der Waals surface area contributed by atoms with Crippen LogP contribution in [0.4, 0.5) is 0 Å². The van der Waals surface area contributed by atoms with Crippen LogP contribution in [0.1, 0.15) is 5.56 Å². The summed E-state index contributed by atoms with van der Waals surface area (Å²) in [5.74, 6) is 0. The number of fused-ring (bicyclic) bond motifs is 1. The van der Waals surface area contributed by atoms with Crippen LogP contribution < -0.4 is 10.3 Å². The van der Waals surface area contributed by atoms with Gasteiger partial charge >= 0.3 is 0 Å². The van der Waals surface area contributed by atoms with E-state index < -0.39 is 10.0 Å². The first-order chi connectivity index (χ1) is 11.0. The van der Waals surface area contributed by atoms with Crippen LogP contribution in [0.3, 0.4) is 0 Å². The lowest BCUT2D eigenvalue weighted by atomic mass is 10.2. The van der Waals surface area contributed by atoms with Crippen molar-refractivity contribution in [2.24, 2.45) is 12.1 Å². The van der Waals surface area contributed by atoms with Crippen molar-refractivity contribution >= 4 is 20.9 Å². The van der Waals surface area contributed by atoms with E-state index in [1.54, 1.807) is 30.3 Å². The molecule has 5 nitrogen and oxygen atoms in total. The van der Waals surface area contributed by atoms with E-state index in [2.05, 4.69) is 9.93 Å². The Balaban J connectivity index is 1.99. The fourth-order valence-corrected chi connectivity index (χ4v) is 3.14. The van der Waals surface area contributed by atoms with Gasteiger partial charge in [-0.1, -0.05) is 35.9 Å². The number of nitrogens with zero attached hydrogens (tertiary/aromatic N) is 2. The summed E-state index contributed by atoms with van der Waals surface area (Å²) < 4.78 is 26.4. The number of aromatic nitrogens is 1. The summed E-state index contributed by atoms with van der Waals surface area (Å²) in [7, 11) is -1.83. The number of pyridine rings is 1. The minimum Gasteiger partial charge on any atom is -0.327 e. The van der Waals surface area contributed by atoms with Gasteiger partial charge in [-0.25, -0.2) is 0 Å². The van der Waals surface area contributed by atoms with Crippen molar-refractivity contribution in [2.45, 2.75) is 11.8 Å². The van der Waals surface area contributed by atoms with Crippen molar-refractivity contribution in [1.82, 2.24) is 9.40 Å². The molecule has 1 N–H and O–H groups in total. The molecular weight excluding hydrogens is 310 g/mol. The third kappa shape index (κ3) is 3.12. The number of nitrogens with one attached hydrogen (secondary N) is 1. The van der Waals surface area contributed by atoms with Crippen LogP contribution in [0.15, 0.2) is 70.7 Å². The molecule has 0 radical (unpaired) electrons. The molecule has 0 fully saturated rings. The van der Waals surface area contributed by atoms with E-state index in [9.17, 15) is 8.42 Å². The molecule has 0 unspecified atom stereocenters. The highest BCUT2D eigenvalue weighted by atomic mass is 32.2. The molecule has 0 amide bonds. The smallest absolute Gasteiger partial charge is 0.276 e. The molecular formula is C17H17N3O2S. The molecule has 0 aliphatic heterocycles. The van der Waals surface area contributed by atoms with Gasteiger partial charge in [0.15, 0.2) is 5.49 Å². The molecule has 2 aromatic carbocycles. The summed E-state index contributed by atoms with van der Waals surface area (Å²) in [6.45, 7) is 1.91. The normalized spacial score (nSPS) is 12.5. The number of hydrogen-bond donors (Lipinski definition) is 1. The molecule has 0 atom stereocenters. The van der Waals surface area contributed by atoms with Gasteiger partial charge in [0.2, 0.25) is 0 Å². The Morgan fingerprint density at radius 3 is 2.39 bits per heavy atom. The van der Waals surface area contributed by atoms with Gasteiger partial charge in [-0.3, -0.25) is 0 Å². The largest absolute Gasteiger partial charge is 0.327 e. The molecule has 118 valence electrons. The van der Waals surface area contributed by atoms with Crippen molar-refractivity contribution in [2.75, 3.05) is 0 Å². The maximum absolute atomic E-state index is 12.3. The van der Waals surface area contributed by atoms with Crippen molar-refractivity contribution in [3.63, 3.8) is 0 Å². The minimum atomic E-state index is -3.68. The first-order valence-electron chi connectivity index (χ1n) is 7.14. The first kappa shape index (κ1) is 15.3. The number of benzene rings is 2. The van der Waals surface area contributed by atoms with Gasteiger partial charge in [0.05, 0.1) is 4.90 Å². The predicted octanol–water partition coefficient (Wildman–Crippen LogP) is 2.28. The fourth-order valence-electron chi connectivity index (χ4n) is 2.32. The van der Waals surface area contributed by atoms with Crippen molar-refractivity contribution in [3.05, 3.63) is 71.7 Å².